The highest BCUT2D eigenvalue weighted by atomic mass is 32.2. The van der Waals surface area contributed by atoms with Crippen molar-refractivity contribution in [2.75, 3.05) is 31.2 Å². The number of carbonyl (C=O) groups excluding carboxylic acids is 1. The van der Waals surface area contributed by atoms with E-state index in [2.05, 4.69) is 4.72 Å². The van der Waals surface area contributed by atoms with Gasteiger partial charge in [-0.2, -0.15) is 0 Å². The number of anilines is 1. The second kappa shape index (κ2) is 7.64. The fraction of sp³-hybridized carbons (Fsp3) is 0.611. The predicted molar refractivity (Wildman–Crippen MR) is 97.5 cm³/mol. The molecule has 0 unspecified atom stereocenters. The molecule has 0 spiro atoms. The summed E-state index contributed by atoms with van der Waals surface area (Å²) >= 11 is 0. The van der Waals surface area contributed by atoms with Crippen LogP contribution in [0.3, 0.4) is 0 Å². The lowest BCUT2D eigenvalue weighted by Gasteiger charge is -2.34. The van der Waals surface area contributed by atoms with Crippen LogP contribution >= 0.6 is 0 Å². The van der Waals surface area contributed by atoms with E-state index >= 15 is 0 Å². The van der Waals surface area contributed by atoms with Crippen LogP contribution in [0.5, 0.6) is 0 Å². The quantitative estimate of drug-likeness (QED) is 0.839. The number of nitrogens with zero attached hydrogens (tertiary/aromatic N) is 1. The van der Waals surface area contributed by atoms with Crippen LogP contribution in [-0.2, 0) is 30.7 Å². The van der Waals surface area contributed by atoms with E-state index in [1.807, 2.05) is 6.92 Å². The van der Waals surface area contributed by atoms with Crippen LogP contribution in [0.25, 0.3) is 0 Å². The van der Waals surface area contributed by atoms with Gasteiger partial charge >= 0.3 is 0 Å². The first-order valence-electron chi connectivity index (χ1n) is 8.99. The standard InChI is InChI=1S/C18H26N2O5S/c1-14(21)20-10-3-5-15-13-16(6-7-17(15)20)26(22,23)19-9-8-18(2)24-11-4-12-25-18/h6-7,13,19H,3-5,8-12H2,1-2H3. The van der Waals surface area contributed by atoms with E-state index in [0.29, 0.717) is 26.2 Å². The molecule has 0 saturated carbocycles. The highest BCUT2D eigenvalue weighted by Gasteiger charge is 2.29. The lowest BCUT2D eigenvalue weighted by atomic mass is 10.0. The second-order valence-corrected chi connectivity index (χ2v) is 8.66. The largest absolute Gasteiger partial charge is 0.350 e. The first-order valence-corrected chi connectivity index (χ1v) is 10.5. The van der Waals surface area contributed by atoms with Gasteiger partial charge < -0.3 is 14.4 Å². The van der Waals surface area contributed by atoms with Crippen molar-refractivity contribution in [1.82, 2.24) is 4.72 Å². The number of ether oxygens (including phenoxy) is 2. The minimum absolute atomic E-state index is 0.0274. The number of fused-ring (bicyclic) bond motifs is 1. The Morgan fingerprint density at radius 1 is 1.27 bits per heavy atom. The van der Waals surface area contributed by atoms with E-state index in [4.69, 9.17) is 9.47 Å². The monoisotopic (exact) mass is 382 g/mol. The van der Waals surface area contributed by atoms with Crippen molar-refractivity contribution in [3.8, 4) is 0 Å². The van der Waals surface area contributed by atoms with Gasteiger partial charge in [-0.3, -0.25) is 4.79 Å². The topological polar surface area (TPSA) is 84.9 Å². The van der Waals surface area contributed by atoms with Crippen LogP contribution in [0.2, 0.25) is 0 Å². The molecule has 0 radical (unpaired) electrons. The van der Waals surface area contributed by atoms with Crippen LogP contribution in [0.4, 0.5) is 5.69 Å². The summed E-state index contributed by atoms with van der Waals surface area (Å²) in [7, 11) is -3.62. The normalized spacial score (nSPS) is 19.8. The van der Waals surface area contributed by atoms with Crippen LogP contribution in [0.15, 0.2) is 23.1 Å². The Kier molecular flexibility index (Phi) is 5.67. The average molecular weight is 382 g/mol. The molecular weight excluding hydrogens is 356 g/mol. The van der Waals surface area contributed by atoms with Gasteiger partial charge in [0.25, 0.3) is 0 Å². The number of benzene rings is 1. The molecule has 8 heteroatoms. The average Bonchev–Trinajstić information content (AvgIpc) is 2.60. The molecule has 2 heterocycles. The molecule has 0 bridgehead atoms. The molecule has 1 saturated heterocycles. The van der Waals surface area contributed by atoms with E-state index in [0.717, 1.165) is 30.5 Å². The number of hydrogen-bond acceptors (Lipinski definition) is 5. The lowest BCUT2D eigenvalue weighted by molar-refractivity contribution is -0.257. The van der Waals surface area contributed by atoms with Crippen LogP contribution in [0, 0.1) is 0 Å². The van der Waals surface area contributed by atoms with E-state index in [-0.39, 0.29) is 17.3 Å². The fourth-order valence-electron chi connectivity index (χ4n) is 3.38. The highest BCUT2D eigenvalue weighted by molar-refractivity contribution is 7.89. The third kappa shape index (κ3) is 4.25. The maximum Gasteiger partial charge on any atom is 0.240 e. The molecule has 0 atom stereocenters. The van der Waals surface area contributed by atoms with E-state index in [1.165, 1.54) is 6.92 Å². The Hall–Kier alpha value is -1.48. The van der Waals surface area contributed by atoms with Gasteiger partial charge in [-0.15, -0.1) is 0 Å². The maximum atomic E-state index is 12.6. The fourth-order valence-corrected chi connectivity index (χ4v) is 4.47. The zero-order chi connectivity index (χ0) is 18.8. The molecule has 26 heavy (non-hydrogen) atoms. The molecule has 7 nitrogen and oxygen atoms in total. The summed E-state index contributed by atoms with van der Waals surface area (Å²) in [5, 5.41) is 0. The Labute approximate surface area is 154 Å². The van der Waals surface area contributed by atoms with Gasteiger partial charge in [-0.25, -0.2) is 13.1 Å². The minimum atomic E-state index is -3.62. The second-order valence-electron chi connectivity index (χ2n) is 6.90. The maximum absolute atomic E-state index is 12.6. The smallest absolute Gasteiger partial charge is 0.240 e. The Bertz CT molecular complexity index is 772. The number of sulfonamides is 1. The van der Waals surface area contributed by atoms with E-state index < -0.39 is 15.8 Å². The van der Waals surface area contributed by atoms with Crippen molar-refractivity contribution in [3.05, 3.63) is 23.8 Å². The molecule has 144 valence electrons. The molecule has 1 aromatic rings. The molecule has 1 aromatic carbocycles. The van der Waals surface area contributed by atoms with Crippen molar-refractivity contribution >= 4 is 21.6 Å². The van der Waals surface area contributed by atoms with E-state index in [1.54, 1.807) is 23.1 Å². The first kappa shape index (κ1) is 19.3. The molecule has 1 amide bonds. The molecule has 0 aliphatic carbocycles. The SMILES string of the molecule is CC(=O)N1CCCc2cc(S(=O)(=O)NCCC3(C)OCCCO3)ccc21. The predicted octanol–water partition coefficient (Wildman–Crippen LogP) is 1.81. The van der Waals surface area contributed by atoms with Crippen molar-refractivity contribution in [2.45, 2.75) is 50.2 Å². The molecule has 0 aromatic heterocycles. The number of rotatable bonds is 5. The third-order valence-corrected chi connectivity index (χ3v) is 6.29. The van der Waals surface area contributed by atoms with Gasteiger partial charge in [-0.05, 0) is 49.9 Å². The van der Waals surface area contributed by atoms with Gasteiger partial charge in [0.2, 0.25) is 15.9 Å². The van der Waals surface area contributed by atoms with Crippen molar-refractivity contribution in [2.24, 2.45) is 0 Å². The first-order chi connectivity index (χ1) is 12.3. The Morgan fingerprint density at radius 2 is 2.00 bits per heavy atom. The van der Waals surface area contributed by atoms with Gasteiger partial charge in [0.1, 0.15) is 0 Å². The summed E-state index contributed by atoms with van der Waals surface area (Å²) in [4.78, 5) is 13.7. The minimum Gasteiger partial charge on any atom is -0.350 e. The third-order valence-electron chi connectivity index (χ3n) is 4.83. The molecule has 1 fully saturated rings. The number of nitrogens with one attached hydrogen (secondary N) is 1. The molecular formula is C18H26N2O5S. The van der Waals surface area contributed by atoms with Gasteiger partial charge in [-0.1, -0.05) is 0 Å². The van der Waals surface area contributed by atoms with E-state index in [9.17, 15) is 13.2 Å². The van der Waals surface area contributed by atoms with Crippen LogP contribution < -0.4 is 9.62 Å². The van der Waals surface area contributed by atoms with Gasteiger partial charge in [0, 0.05) is 32.1 Å². The van der Waals surface area contributed by atoms with Gasteiger partial charge in [0.15, 0.2) is 5.79 Å². The summed E-state index contributed by atoms with van der Waals surface area (Å²) in [6.45, 7) is 5.51. The Balaban J connectivity index is 1.68. The molecule has 2 aliphatic rings. The Morgan fingerprint density at radius 3 is 2.69 bits per heavy atom. The lowest BCUT2D eigenvalue weighted by Crippen LogP contribution is -2.41. The summed E-state index contributed by atoms with van der Waals surface area (Å²) in [6, 6.07) is 4.94. The summed E-state index contributed by atoms with van der Waals surface area (Å²) in [6.07, 6.45) is 2.89. The van der Waals surface area contributed by atoms with Crippen molar-refractivity contribution in [3.63, 3.8) is 0 Å². The zero-order valence-electron chi connectivity index (χ0n) is 15.3. The highest BCUT2D eigenvalue weighted by Crippen LogP contribution is 2.29. The molecule has 2 aliphatic heterocycles. The zero-order valence-corrected chi connectivity index (χ0v) is 16.1. The number of amides is 1. The van der Waals surface area contributed by atoms with Crippen LogP contribution in [-0.4, -0.2) is 46.4 Å². The summed E-state index contributed by atoms with van der Waals surface area (Å²) in [5.74, 6) is -0.765. The van der Waals surface area contributed by atoms with Crippen molar-refractivity contribution in [1.29, 1.82) is 0 Å². The number of aryl methyl sites for hydroxylation is 1. The van der Waals surface area contributed by atoms with Crippen LogP contribution in [0.1, 0.15) is 38.7 Å². The molecule has 1 N–H and O–H groups in total. The molecule has 3 rings (SSSR count). The number of hydrogen-bond donors (Lipinski definition) is 1. The summed E-state index contributed by atoms with van der Waals surface area (Å²) in [5.41, 5.74) is 1.69. The van der Waals surface area contributed by atoms with Gasteiger partial charge in [0.05, 0.1) is 18.1 Å². The van der Waals surface area contributed by atoms with Crippen molar-refractivity contribution < 1.29 is 22.7 Å². The number of carbonyl (C=O) groups is 1. The summed E-state index contributed by atoms with van der Waals surface area (Å²) < 4.78 is 39.0.